The van der Waals surface area contributed by atoms with Crippen LogP contribution in [0.5, 0.6) is 0 Å². The molecule has 1 amide bonds. The predicted molar refractivity (Wildman–Crippen MR) is 56.8 cm³/mol. The van der Waals surface area contributed by atoms with Crippen molar-refractivity contribution in [2.75, 3.05) is 7.05 Å². The average molecular weight is 224 g/mol. The molecule has 2 rings (SSSR count). The standard InChI is InChI=1S/C10H16N4O2/c1-12-9(15)8-13-7(16-14-8)6-10(11)4-2-3-5-10/h2-6,11H2,1H3,(H,12,15). The highest BCUT2D eigenvalue weighted by Gasteiger charge is 2.31. The Morgan fingerprint density at radius 2 is 2.25 bits per heavy atom. The van der Waals surface area contributed by atoms with E-state index in [2.05, 4.69) is 15.5 Å². The van der Waals surface area contributed by atoms with Gasteiger partial charge in [0.2, 0.25) is 5.89 Å². The van der Waals surface area contributed by atoms with Gasteiger partial charge in [-0.3, -0.25) is 4.79 Å². The van der Waals surface area contributed by atoms with Crippen LogP contribution in [-0.4, -0.2) is 28.6 Å². The molecular formula is C10H16N4O2. The summed E-state index contributed by atoms with van der Waals surface area (Å²) < 4.78 is 5.01. The number of carbonyl (C=O) groups excluding carboxylic acids is 1. The number of nitrogens with one attached hydrogen (secondary N) is 1. The van der Waals surface area contributed by atoms with Crippen LogP contribution in [-0.2, 0) is 6.42 Å². The van der Waals surface area contributed by atoms with Crippen LogP contribution in [0.3, 0.4) is 0 Å². The largest absolute Gasteiger partial charge is 0.352 e. The van der Waals surface area contributed by atoms with E-state index in [9.17, 15) is 4.79 Å². The molecule has 1 aromatic heterocycles. The van der Waals surface area contributed by atoms with Crippen LogP contribution in [0.25, 0.3) is 0 Å². The van der Waals surface area contributed by atoms with Gasteiger partial charge in [-0.15, -0.1) is 0 Å². The van der Waals surface area contributed by atoms with Gasteiger partial charge in [-0.2, -0.15) is 4.98 Å². The molecule has 6 nitrogen and oxygen atoms in total. The molecule has 1 saturated carbocycles. The minimum Gasteiger partial charge on any atom is -0.352 e. The molecule has 0 atom stereocenters. The number of carbonyl (C=O) groups is 1. The number of nitrogens with two attached hydrogens (primary N) is 1. The van der Waals surface area contributed by atoms with Crippen molar-refractivity contribution in [1.82, 2.24) is 15.5 Å². The zero-order chi connectivity index (χ0) is 11.6. The molecule has 0 bridgehead atoms. The van der Waals surface area contributed by atoms with Crippen molar-refractivity contribution in [3.8, 4) is 0 Å². The molecule has 0 saturated heterocycles. The van der Waals surface area contributed by atoms with Crippen molar-refractivity contribution in [3.63, 3.8) is 0 Å². The molecule has 3 N–H and O–H groups in total. The Bertz CT molecular complexity index is 382. The van der Waals surface area contributed by atoms with E-state index in [1.54, 1.807) is 0 Å². The Labute approximate surface area is 93.6 Å². The fourth-order valence-corrected chi connectivity index (χ4v) is 2.09. The van der Waals surface area contributed by atoms with E-state index in [4.69, 9.17) is 10.3 Å². The maximum absolute atomic E-state index is 11.2. The minimum atomic E-state index is -0.340. The molecule has 1 aliphatic carbocycles. The summed E-state index contributed by atoms with van der Waals surface area (Å²) in [6, 6.07) is 0. The molecular weight excluding hydrogens is 208 g/mol. The van der Waals surface area contributed by atoms with Gasteiger partial charge in [0.25, 0.3) is 11.7 Å². The highest BCUT2D eigenvalue weighted by atomic mass is 16.5. The van der Waals surface area contributed by atoms with Crippen LogP contribution in [0.1, 0.15) is 42.2 Å². The fourth-order valence-electron chi connectivity index (χ4n) is 2.09. The van der Waals surface area contributed by atoms with Gasteiger partial charge >= 0.3 is 0 Å². The lowest BCUT2D eigenvalue weighted by molar-refractivity contribution is 0.0950. The summed E-state index contributed by atoms with van der Waals surface area (Å²) in [4.78, 5) is 15.2. The number of nitrogens with zero attached hydrogens (tertiary/aromatic N) is 2. The van der Waals surface area contributed by atoms with Gasteiger partial charge in [-0.1, -0.05) is 18.0 Å². The lowest BCUT2D eigenvalue weighted by atomic mass is 9.95. The molecule has 1 heterocycles. The highest BCUT2D eigenvalue weighted by Crippen LogP contribution is 2.29. The van der Waals surface area contributed by atoms with Crippen molar-refractivity contribution in [3.05, 3.63) is 11.7 Å². The van der Waals surface area contributed by atoms with Crippen LogP contribution in [0.15, 0.2) is 4.52 Å². The van der Waals surface area contributed by atoms with Crippen LogP contribution < -0.4 is 11.1 Å². The highest BCUT2D eigenvalue weighted by molar-refractivity contribution is 5.89. The van der Waals surface area contributed by atoms with E-state index >= 15 is 0 Å². The molecule has 0 aromatic carbocycles. The first kappa shape index (κ1) is 11.1. The van der Waals surface area contributed by atoms with Gasteiger partial charge in [0, 0.05) is 19.0 Å². The zero-order valence-electron chi connectivity index (χ0n) is 9.32. The average Bonchev–Trinajstić information content (AvgIpc) is 2.87. The smallest absolute Gasteiger partial charge is 0.292 e. The Balaban J connectivity index is 2.05. The zero-order valence-corrected chi connectivity index (χ0v) is 9.32. The normalized spacial score (nSPS) is 18.6. The summed E-state index contributed by atoms with van der Waals surface area (Å²) in [5.74, 6) is 0.176. The Morgan fingerprint density at radius 1 is 1.56 bits per heavy atom. The summed E-state index contributed by atoms with van der Waals surface area (Å²) >= 11 is 0. The maximum atomic E-state index is 11.2. The van der Waals surface area contributed by atoms with E-state index in [1.807, 2.05) is 0 Å². The number of hydrogen-bond donors (Lipinski definition) is 2. The van der Waals surface area contributed by atoms with E-state index in [0.717, 1.165) is 25.7 Å². The second-order valence-electron chi connectivity index (χ2n) is 4.34. The molecule has 0 spiro atoms. The second kappa shape index (κ2) is 4.21. The third-order valence-corrected chi connectivity index (χ3v) is 3.00. The van der Waals surface area contributed by atoms with Crippen molar-refractivity contribution in [2.45, 2.75) is 37.6 Å². The Kier molecular flexibility index (Phi) is 2.91. The quantitative estimate of drug-likeness (QED) is 0.767. The monoisotopic (exact) mass is 224 g/mol. The fraction of sp³-hybridized carbons (Fsp3) is 0.700. The first-order valence-corrected chi connectivity index (χ1v) is 5.46. The summed E-state index contributed by atoms with van der Waals surface area (Å²) in [6.45, 7) is 0. The van der Waals surface area contributed by atoms with Crippen molar-refractivity contribution in [2.24, 2.45) is 5.73 Å². The lowest BCUT2D eigenvalue weighted by Gasteiger charge is -2.20. The SMILES string of the molecule is CNC(=O)c1noc(CC2(N)CCCC2)n1. The third kappa shape index (κ3) is 2.21. The minimum absolute atomic E-state index is 0.0686. The molecule has 16 heavy (non-hydrogen) atoms. The van der Waals surface area contributed by atoms with Gasteiger partial charge < -0.3 is 15.6 Å². The maximum Gasteiger partial charge on any atom is 0.292 e. The first-order valence-electron chi connectivity index (χ1n) is 5.46. The summed E-state index contributed by atoms with van der Waals surface area (Å²) in [6.07, 6.45) is 4.80. The van der Waals surface area contributed by atoms with Crippen LogP contribution in [0.4, 0.5) is 0 Å². The van der Waals surface area contributed by atoms with E-state index < -0.39 is 0 Å². The molecule has 0 unspecified atom stereocenters. The van der Waals surface area contributed by atoms with Gasteiger partial charge in [0.1, 0.15) is 0 Å². The van der Waals surface area contributed by atoms with E-state index in [1.165, 1.54) is 7.05 Å². The molecule has 0 radical (unpaired) electrons. The molecule has 6 heteroatoms. The van der Waals surface area contributed by atoms with Gasteiger partial charge in [-0.25, -0.2) is 0 Å². The van der Waals surface area contributed by atoms with Gasteiger partial charge in [0.15, 0.2) is 0 Å². The number of amides is 1. The van der Waals surface area contributed by atoms with Crippen molar-refractivity contribution in [1.29, 1.82) is 0 Å². The van der Waals surface area contributed by atoms with Crippen LogP contribution in [0, 0.1) is 0 Å². The molecule has 1 aromatic rings. The Morgan fingerprint density at radius 3 is 2.88 bits per heavy atom. The molecule has 88 valence electrons. The Hall–Kier alpha value is -1.43. The van der Waals surface area contributed by atoms with Crippen LogP contribution >= 0.6 is 0 Å². The van der Waals surface area contributed by atoms with Gasteiger partial charge in [-0.05, 0) is 12.8 Å². The number of rotatable bonds is 3. The number of hydrogen-bond acceptors (Lipinski definition) is 5. The van der Waals surface area contributed by atoms with Crippen molar-refractivity contribution < 1.29 is 9.32 Å². The third-order valence-electron chi connectivity index (χ3n) is 3.00. The van der Waals surface area contributed by atoms with E-state index in [0.29, 0.717) is 12.3 Å². The first-order chi connectivity index (χ1) is 7.63. The topological polar surface area (TPSA) is 94.0 Å². The lowest BCUT2D eigenvalue weighted by Crippen LogP contribution is -2.38. The molecule has 0 aliphatic heterocycles. The van der Waals surface area contributed by atoms with Crippen LogP contribution in [0.2, 0.25) is 0 Å². The van der Waals surface area contributed by atoms with E-state index in [-0.39, 0.29) is 17.3 Å². The number of aromatic nitrogens is 2. The second-order valence-corrected chi connectivity index (χ2v) is 4.34. The van der Waals surface area contributed by atoms with Gasteiger partial charge in [0.05, 0.1) is 0 Å². The predicted octanol–water partition coefficient (Wildman–Crippen LogP) is 0.243. The molecule has 1 aliphatic rings. The summed E-state index contributed by atoms with van der Waals surface area (Å²) in [5.41, 5.74) is 5.95. The van der Waals surface area contributed by atoms with Crippen molar-refractivity contribution >= 4 is 5.91 Å². The molecule has 1 fully saturated rings. The summed E-state index contributed by atoms with van der Waals surface area (Å²) in [5, 5.41) is 6.05. The summed E-state index contributed by atoms with van der Waals surface area (Å²) in [7, 11) is 1.53.